The van der Waals surface area contributed by atoms with Crippen LogP contribution in [0.5, 0.6) is 0 Å². The lowest BCUT2D eigenvalue weighted by atomic mass is 10.1. The summed E-state index contributed by atoms with van der Waals surface area (Å²) < 4.78 is 12.6. The molecule has 1 aromatic rings. The summed E-state index contributed by atoms with van der Waals surface area (Å²) in [6.07, 6.45) is 2.41. The summed E-state index contributed by atoms with van der Waals surface area (Å²) in [5.41, 5.74) is 0.595. The first-order chi connectivity index (χ1) is 7.74. The Labute approximate surface area is 99.7 Å². The number of rotatable bonds is 7. The van der Waals surface area contributed by atoms with Gasteiger partial charge >= 0.3 is 0 Å². The summed E-state index contributed by atoms with van der Waals surface area (Å²) in [6.45, 7) is 3.61. The Bertz CT molecular complexity index is 345. The molecule has 0 saturated carbocycles. The second-order valence-corrected chi connectivity index (χ2v) is 4.50. The highest BCUT2D eigenvalue weighted by atomic mass is 32.2. The summed E-state index contributed by atoms with van der Waals surface area (Å²) >= 11 is 1.66. The van der Waals surface area contributed by atoms with Crippen molar-refractivity contribution >= 4 is 17.5 Å². The maximum absolute atomic E-state index is 12.6. The maximum atomic E-state index is 12.6. The molecule has 0 aliphatic carbocycles. The van der Waals surface area contributed by atoms with Gasteiger partial charge in [0.05, 0.1) is 0 Å². The molecule has 0 saturated heterocycles. The predicted octanol–water partition coefficient (Wildman–Crippen LogP) is 4.06. The van der Waals surface area contributed by atoms with Crippen LogP contribution < -0.4 is 0 Å². The van der Waals surface area contributed by atoms with E-state index in [1.165, 1.54) is 24.3 Å². The van der Waals surface area contributed by atoms with Crippen LogP contribution in [-0.2, 0) is 0 Å². The Morgan fingerprint density at radius 2 is 2.00 bits per heavy atom. The second-order valence-electron chi connectivity index (χ2n) is 3.42. The molecule has 86 valence electrons. The molecule has 0 amide bonds. The minimum atomic E-state index is -0.307. The molecule has 1 aromatic carbocycles. The van der Waals surface area contributed by atoms with Gasteiger partial charge in [0.25, 0.3) is 0 Å². The number of thioether (sulfide) groups is 1. The average molecular weight is 238 g/mol. The predicted molar refractivity (Wildman–Crippen MR) is 67.2 cm³/mol. The zero-order valence-corrected chi connectivity index (χ0v) is 9.93. The molecule has 16 heavy (non-hydrogen) atoms. The number of Topliss-reactive ketones (excluding diaryl/α,β-unsaturated/α-hetero) is 1. The molecule has 0 fully saturated rings. The maximum Gasteiger partial charge on any atom is 0.162 e. The van der Waals surface area contributed by atoms with Crippen LogP contribution >= 0.6 is 11.8 Å². The van der Waals surface area contributed by atoms with Gasteiger partial charge in [-0.1, -0.05) is 6.58 Å². The van der Waals surface area contributed by atoms with E-state index in [-0.39, 0.29) is 11.6 Å². The monoisotopic (exact) mass is 238 g/mol. The zero-order chi connectivity index (χ0) is 11.8. The summed E-state index contributed by atoms with van der Waals surface area (Å²) in [4.78, 5) is 11.6. The van der Waals surface area contributed by atoms with E-state index in [0.29, 0.717) is 12.0 Å². The van der Waals surface area contributed by atoms with Gasteiger partial charge in [0.1, 0.15) is 5.82 Å². The molecule has 0 spiro atoms. The van der Waals surface area contributed by atoms with E-state index >= 15 is 0 Å². The van der Waals surface area contributed by atoms with E-state index in [1.807, 2.05) is 5.41 Å². The number of benzene rings is 1. The molecule has 0 heterocycles. The van der Waals surface area contributed by atoms with Gasteiger partial charge in [0, 0.05) is 12.0 Å². The van der Waals surface area contributed by atoms with Crippen molar-refractivity contribution in [1.29, 1.82) is 0 Å². The van der Waals surface area contributed by atoms with Crippen LogP contribution in [0, 0.1) is 5.82 Å². The van der Waals surface area contributed by atoms with Gasteiger partial charge in [-0.05, 0) is 48.3 Å². The van der Waals surface area contributed by atoms with Crippen molar-refractivity contribution in [2.24, 2.45) is 0 Å². The first-order valence-electron chi connectivity index (χ1n) is 5.25. The minimum absolute atomic E-state index is 0.0867. The van der Waals surface area contributed by atoms with Crippen LogP contribution in [0.3, 0.4) is 0 Å². The smallest absolute Gasteiger partial charge is 0.162 e. The number of carbonyl (C=O) groups is 1. The number of ketones is 1. The molecule has 1 rings (SSSR count). The topological polar surface area (TPSA) is 17.1 Å². The fourth-order valence-corrected chi connectivity index (χ4v) is 1.87. The van der Waals surface area contributed by atoms with Crippen LogP contribution in [-0.4, -0.2) is 11.5 Å². The lowest BCUT2D eigenvalue weighted by molar-refractivity contribution is 0.0980. The van der Waals surface area contributed by atoms with Gasteiger partial charge in [-0.2, -0.15) is 0 Å². The molecule has 0 bridgehead atoms. The Kier molecular flexibility index (Phi) is 5.86. The highest BCUT2D eigenvalue weighted by Crippen LogP contribution is 2.11. The van der Waals surface area contributed by atoms with Crippen molar-refractivity contribution in [3.8, 4) is 0 Å². The second kappa shape index (κ2) is 7.23. The number of hydrogen-bond donors (Lipinski definition) is 0. The van der Waals surface area contributed by atoms with E-state index in [9.17, 15) is 9.18 Å². The van der Waals surface area contributed by atoms with E-state index in [0.717, 1.165) is 18.6 Å². The quantitative estimate of drug-likeness (QED) is 0.526. The van der Waals surface area contributed by atoms with Crippen LogP contribution in [0.15, 0.2) is 36.3 Å². The van der Waals surface area contributed by atoms with Gasteiger partial charge in [0.15, 0.2) is 5.78 Å². The number of halogens is 1. The normalized spacial score (nSPS) is 10.1. The summed E-state index contributed by atoms with van der Waals surface area (Å²) in [5.74, 6) is 0.780. The molecule has 0 unspecified atom stereocenters. The summed E-state index contributed by atoms with van der Waals surface area (Å²) in [5, 5.41) is 1.81. The number of unbranched alkanes of at least 4 members (excludes halogenated alkanes) is 1. The third kappa shape index (κ3) is 4.62. The van der Waals surface area contributed by atoms with Crippen LogP contribution in [0.1, 0.15) is 29.6 Å². The summed E-state index contributed by atoms with van der Waals surface area (Å²) in [7, 11) is 0. The first-order valence-corrected chi connectivity index (χ1v) is 6.30. The van der Waals surface area contributed by atoms with Crippen molar-refractivity contribution in [1.82, 2.24) is 0 Å². The lowest BCUT2D eigenvalue weighted by Gasteiger charge is -2.00. The van der Waals surface area contributed by atoms with Crippen molar-refractivity contribution in [3.05, 3.63) is 47.6 Å². The van der Waals surface area contributed by atoms with E-state index < -0.39 is 0 Å². The Balaban J connectivity index is 2.29. The SMILES string of the molecule is C=CSCCCCC(=O)c1ccc(F)cc1. The third-order valence-electron chi connectivity index (χ3n) is 2.20. The van der Waals surface area contributed by atoms with Crippen LogP contribution in [0.25, 0.3) is 0 Å². The molecular weight excluding hydrogens is 223 g/mol. The van der Waals surface area contributed by atoms with Crippen molar-refractivity contribution < 1.29 is 9.18 Å². The van der Waals surface area contributed by atoms with E-state index in [1.54, 1.807) is 11.8 Å². The number of hydrogen-bond acceptors (Lipinski definition) is 2. The number of carbonyl (C=O) groups excluding carboxylic acids is 1. The molecule has 0 N–H and O–H groups in total. The largest absolute Gasteiger partial charge is 0.294 e. The third-order valence-corrected chi connectivity index (χ3v) is 2.96. The Morgan fingerprint density at radius 3 is 2.62 bits per heavy atom. The standard InChI is InChI=1S/C13H15FOS/c1-2-16-10-4-3-5-13(15)11-6-8-12(14)9-7-11/h2,6-9H,1,3-5,10H2. The highest BCUT2D eigenvalue weighted by molar-refractivity contribution is 8.02. The van der Waals surface area contributed by atoms with Crippen LogP contribution in [0.4, 0.5) is 4.39 Å². The van der Waals surface area contributed by atoms with Crippen molar-refractivity contribution in [2.45, 2.75) is 19.3 Å². The van der Waals surface area contributed by atoms with Crippen molar-refractivity contribution in [2.75, 3.05) is 5.75 Å². The zero-order valence-electron chi connectivity index (χ0n) is 9.12. The van der Waals surface area contributed by atoms with Gasteiger partial charge in [-0.3, -0.25) is 4.79 Å². The van der Waals surface area contributed by atoms with Gasteiger partial charge in [-0.15, -0.1) is 11.8 Å². The molecule has 3 heteroatoms. The first kappa shape index (κ1) is 13.0. The molecule has 0 aromatic heterocycles. The Morgan fingerprint density at radius 1 is 1.31 bits per heavy atom. The van der Waals surface area contributed by atoms with Gasteiger partial charge in [-0.25, -0.2) is 4.39 Å². The van der Waals surface area contributed by atoms with Gasteiger partial charge < -0.3 is 0 Å². The highest BCUT2D eigenvalue weighted by Gasteiger charge is 2.04. The van der Waals surface area contributed by atoms with E-state index in [2.05, 4.69) is 6.58 Å². The minimum Gasteiger partial charge on any atom is -0.294 e. The fraction of sp³-hybridized carbons (Fsp3) is 0.308. The average Bonchev–Trinajstić information content (AvgIpc) is 2.29. The van der Waals surface area contributed by atoms with Gasteiger partial charge in [0.2, 0.25) is 0 Å². The molecule has 0 aliphatic rings. The summed E-state index contributed by atoms with van der Waals surface area (Å²) in [6, 6.07) is 5.72. The van der Waals surface area contributed by atoms with Crippen molar-refractivity contribution in [3.63, 3.8) is 0 Å². The van der Waals surface area contributed by atoms with E-state index in [4.69, 9.17) is 0 Å². The molecule has 0 radical (unpaired) electrons. The lowest BCUT2D eigenvalue weighted by Crippen LogP contribution is -1.99. The molecular formula is C13H15FOS. The molecule has 1 nitrogen and oxygen atoms in total. The molecule has 0 atom stereocenters. The van der Waals surface area contributed by atoms with Crippen LogP contribution in [0.2, 0.25) is 0 Å². The Hall–Kier alpha value is -1.09. The fourth-order valence-electron chi connectivity index (χ4n) is 1.33. The molecule has 0 aliphatic heterocycles.